The zero-order chi connectivity index (χ0) is 33.0. The molecule has 0 amide bonds. The van der Waals surface area contributed by atoms with Crippen LogP contribution in [0.5, 0.6) is 0 Å². The molecule has 0 saturated heterocycles. The highest BCUT2D eigenvalue weighted by atomic mass is 32.1. The Labute approximate surface area is 290 Å². The van der Waals surface area contributed by atoms with Crippen molar-refractivity contribution in [3.8, 4) is 56.8 Å². The van der Waals surface area contributed by atoms with Gasteiger partial charge in [0, 0.05) is 48.7 Å². The molecule has 7 heteroatoms. The van der Waals surface area contributed by atoms with E-state index in [0.717, 1.165) is 65.5 Å². The van der Waals surface area contributed by atoms with E-state index in [-0.39, 0.29) is 0 Å². The average molecular weight is 660 g/mol. The number of furan rings is 1. The monoisotopic (exact) mass is 659 g/mol. The average Bonchev–Trinajstić information content (AvgIpc) is 3.76. The van der Waals surface area contributed by atoms with Gasteiger partial charge in [0.05, 0.1) is 15.9 Å². The molecule has 0 aliphatic heterocycles. The van der Waals surface area contributed by atoms with Crippen molar-refractivity contribution in [3.63, 3.8) is 0 Å². The van der Waals surface area contributed by atoms with E-state index in [1.54, 1.807) is 11.3 Å². The molecule has 0 unspecified atom stereocenters. The number of fused-ring (bicyclic) bond motifs is 6. The predicted octanol–water partition coefficient (Wildman–Crippen LogP) is 11.3. The molecule has 6 nitrogen and oxygen atoms in total. The molecule has 10 aromatic rings. The lowest BCUT2D eigenvalue weighted by molar-refractivity contribution is 0.669. The number of hydrogen-bond acceptors (Lipinski definition) is 7. The fourth-order valence-corrected chi connectivity index (χ4v) is 7.75. The van der Waals surface area contributed by atoms with E-state index in [2.05, 4.69) is 48.5 Å². The first-order valence-corrected chi connectivity index (χ1v) is 17.2. The second-order valence-corrected chi connectivity index (χ2v) is 13.1. The van der Waals surface area contributed by atoms with E-state index in [0.29, 0.717) is 28.9 Å². The van der Waals surface area contributed by atoms with Crippen LogP contribution < -0.4 is 0 Å². The smallest absolute Gasteiger partial charge is 0.164 e. The highest BCUT2D eigenvalue weighted by molar-refractivity contribution is 7.26. The molecular weight excluding hydrogens is 635 g/mol. The largest absolute Gasteiger partial charge is 0.456 e. The number of hydrogen-bond donors (Lipinski definition) is 0. The van der Waals surface area contributed by atoms with E-state index in [9.17, 15) is 0 Å². The van der Waals surface area contributed by atoms with E-state index in [1.807, 2.05) is 103 Å². The van der Waals surface area contributed by atoms with Crippen molar-refractivity contribution in [2.75, 3.05) is 0 Å². The first-order chi connectivity index (χ1) is 24.8. The lowest BCUT2D eigenvalue weighted by Gasteiger charge is -2.11. The van der Waals surface area contributed by atoms with Crippen molar-refractivity contribution in [3.05, 3.63) is 152 Å². The summed E-state index contributed by atoms with van der Waals surface area (Å²) in [6.07, 6.45) is 0. The fraction of sp³-hybridized carbons (Fsp3) is 0. The Morgan fingerprint density at radius 1 is 0.420 bits per heavy atom. The summed E-state index contributed by atoms with van der Waals surface area (Å²) >= 11 is 1.72. The van der Waals surface area contributed by atoms with Crippen LogP contribution in [0.25, 0.3) is 99.1 Å². The zero-order valence-corrected chi connectivity index (χ0v) is 27.3. The van der Waals surface area contributed by atoms with E-state index >= 15 is 0 Å². The van der Waals surface area contributed by atoms with Crippen LogP contribution in [-0.2, 0) is 0 Å². The van der Waals surface area contributed by atoms with Gasteiger partial charge in [-0.25, -0.2) is 24.9 Å². The minimum atomic E-state index is 0.543. The summed E-state index contributed by atoms with van der Waals surface area (Å²) in [7, 11) is 0. The van der Waals surface area contributed by atoms with Crippen molar-refractivity contribution in [1.82, 2.24) is 24.9 Å². The van der Waals surface area contributed by atoms with Crippen LogP contribution in [0.2, 0.25) is 0 Å². The number of nitrogens with zero attached hydrogens (tertiary/aromatic N) is 5. The molecule has 10 rings (SSSR count). The molecule has 0 bridgehead atoms. The van der Waals surface area contributed by atoms with Gasteiger partial charge in [-0.1, -0.05) is 127 Å². The summed E-state index contributed by atoms with van der Waals surface area (Å²) < 4.78 is 8.77. The molecule has 0 radical (unpaired) electrons. The van der Waals surface area contributed by atoms with Gasteiger partial charge in [-0.2, -0.15) is 0 Å². The summed E-state index contributed by atoms with van der Waals surface area (Å²) in [4.78, 5) is 25.7. The van der Waals surface area contributed by atoms with Gasteiger partial charge in [0.2, 0.25) is 0 Å². The first kappa shape index (κ1) is 28.4. The fourth-order valence-electron chi connectivity index (χ4n) is 6.60. The van der Waals surface area contributed by atoms with E-state index in [1.165, 1.54) is 4.70 Å². The molecular formula is C43H25N5OS. The van der Waals surface area contributed by atoms with Crippen LogP contribution in [0.4, 0.5) is 0 Å². The van der Waals surface area contributed by atoms with Crippen LogP contribution in [0.1, 0.15) is 0 Å². The van der Waals surface area contributed by atoms with Gasteiger partial charge in [-0.05, 0) is 24.3 Å². The van der Waals surface area contributed by atoms with Gasteiger partial charge in [-0.15, -0.1) is 11.3 Å². The summed E-state index contributed by atoms with van der Waals surface area (Å²) in [6.45, 7) is 0. The third-order valence-corrected chi connectivity index (χ3v) is 10.1. The van der Waals surface area contributed by atoms with Crippen LogP contribution >= 0.6 is 11.3 Å². The normalized spacial score (nSPS) is 11.6. The Morgan fingerprint density at radius 2 is 0.980 bits per heavy atom. The van der Waals surface area contributed by atoms with Crippen LogP contribution in [0, 0.1) is 0 Å². The second-order valence-electron chi connectivity index (χ2n) is 12.1. The SMILES string of the molecule is c1ccc(-c2nc(-c3ccccc3)nc(-c3cc(-c4nc(-c5ccccc5)c5sc6ccccc6c5n4)cc4oc5ccccc5c34)n2)cc1. The Balaban J connectivity index is 1.28. The summed E-state index contributed by atoms with van der Waals surface area (Å²) in [5, 5.41) is 3.02. The van der Waals surface area contributed by atoms with Crippen molar-refractivity contribution >= 4 is 53.6 Å². The highest BCUT2D eigenvalue weighted by Crippen LogP contribution is 2.42. The molecule has 0 aliphatic rings. The zero-order valence-electron chi connectivity index (χ0n) is 26.5. The molecule has 50 heavy (non-hydrogen) atoms. The predicted molar refractivity (Wildman–Crippen MR) is 203 cm³/mol. The van der Waals surface area contributed by atoms with Gasteiger partial charge in [0.1, 0.15) is 11.2 Å². The van der Waals surface area contributed by atoms with Gasteiger partial charge < -0.3 is 4.42 Å². The van der Waals surface area contributed by atoms with Gasteiger partial charge in [-0.3, -0.25) is 0 Å². The molecule has 0 N–H and O–H groups in total. The Hall–Kier alpha value is -6.57. The summed E-state index contributed by atoms with van der Waals surface area (Å²) in [5.74, 6) is 2.33. The number of aromatic nitrogens is 5. The first-order valence-electron chi connectivity index (χ1n) is 16.3. The van der Waals surface area contributed by atoms with Gasteiger partial charge in [0.15, 0.2) is 23.3 Å². The summed E-state index contributed by atoms with van der Waals surface area (Å²) in [5.41, 5.74) is 7.80. The number of rotatable bonds is 5. The maximum absolute atomic E-state index is 6.54. The molecule has 6 aromatic carbocycles. The van der Waals surface area contributed by atoms with Gasteiger partial charge in [0.25, 0.3) is 0 Å². The summed E-state index contributed by atoms with van der Waals surface area (Å²) in [6, 6.07) is 51.0. The van der Waals surface area contributed by atoms with Gasteiger partial charge >= 0.3 is 0 Å². The Kier molecular flexibility index (Phi) is 6.57. The maximum Gasteiger partial charge on any atom is 0.164 e. The van der Waals surface area contributed by atoms with Crippen molar-refractivity contribution in [2.24, 2.45) is 0 Å². The Bertz CT molecular complexity index is 2810. The molecule has 0 aliphatic carbocycles. The Morgan fingerprint density at radius 3 is 1.68 bits per heavy atom. The molecule has 234 valence electrons. The topological polar surface area (TPSA) is 77.6 Å². The quantitative estimate of drug-likeness (QED) is 0.183. The number of para-hydroxylation sites is 1. The third kappa shape index (κ3) is 4.75. The molecule has 4 aromatic heterocycles. The lowest BCUT2D eigenvalue weighted by atomic mass is 10.0. The highest BCUT2D eigenvalue weighted by Gasteiger charge is 2.22. The van der Waals surface area contributed by atoms with Crippen LogP contribution in [0.3, 0.4) is 0 Å². The molecule has 4 heterocycles. The van der Waals surface area contributed by atoms with Crippen LogP contribution in [-0.4, -0.2) is 24.9 Å². The number of benzene rings is 6. The minimum Gasteiger partial charge on any atom is -0.456 e. The third-order valence-electron chi connectivity index (χ3n) is 8.94. The van der Waals surface area contributed by atoms with E-state index in [4.69, 9.17) is 29.3 Å². The molecule has 0 spiro atoms. The van der Waals surface area contributed by atoms with Crippen molar-refractivity contribution in [2.45, 2.75) is 0 Å². The molecule has 0 fully saturated rings. The maximum atomic E-state index is 6.54. The standard InChI is InChI=1S/C43H25N5OS/c1-4-14-26(15-5-1)37-39-38(31-21-11-13-23-35(31)50-39)45-42(44-37)29-24-32(36-30-20-10-12-22-33(30)49-34(36)25-29)43-47-40(27-16-6-2-7-17-27)46-41(48-43)28-18-8-3-9-19-28/h1-25H. The second kappa shape index (κ2) is 11.5. The molecule has 0 atom stereocenters. The van der Waals surface area contributed by atoms with Crippen molar-refractivity contribution in [1.29, 1.82) is 0 Å². The minimum absolute atomic E-state index is 0.543. The van der Waals surface area contributed by atoms with E-state index < -0.39 is 0 Å². The van der Waals surface area contributed by atoms with Crippen LogP contribution in [0.15, 0.2) is 156 Å². The number of thiophene rings is 1. The molecule has 0 saturated carbocycles. The lowest BCUT2D eigenvalue weighted by Crippen LogP contribution is -2.01. The van der Waals surface area contributed by atoms with Crippen molar-refractivity contribution < 1.29 is 4.42 Å².